The number of hydrogen-bond acceptors (Lipinski definition) is 4. The van der Waals surface area contributed by atoms with Crippen LogP contribution in [-0.2, 0) is 15.1 Å². The molecule has 0 spiro atoms. The molecule has 0 saturated carbocycles. The molecule has 7 nitrogen and oxygen atoms in total. The summed E-state index contributed by atoms with van der Waals surface area (Å²) in [6.45, 7) is 3.10. The SMILES string of the molecule is Cc1ccc([C@]2(C)NC(=O)N(CC(=O)Nc3ccccc3C#N)C2=O)cc1. The molecule has 0 radical (unpaired) electrons. The van der Waals surface area contributed by atoms with Crippen LogP contribution in [0.25, 0.3) is 0 Å². The standard InChI is InChI=1S/C20H18N4O3/c1-13-7-9-15(10-8-13)20(2)18(26)24(19(27)23-20)12-17(25)22-16-6-4-3-5-14(16)11-21/h3-10H,12H2,1-2H3,(H,22,25)(H,23,27)/t20-/m0/s1. The lowest BCUT2D eigenvalue weighted by Gasteiger charge is -2.22. The molecule has 0 aliphatic carbocycles. The van der Waals surface area contributed by atoms with E-state index >= 15 is 0 Å². The number of benzene rings is 2. The van der Waals surface area contributed by atoms with Gasteiger partial charge in [-0.15, -0.1) is 0 Å². The van der Waals surface area contributed by atoms with Crippen LogP contribution in [0.1, 0.15) is 23.6 Å². The zero-order chi connectivity index (χ0) is 19.6. The summed E-state index contributed by atoms with van der Waals surface area (Å²) in [5, 5.41) is 14.3. The number of hydrogen-bond donors (Lipinski definition) is 2. The van der Waals surface area contributed by atoms with Crippen LogP contribution >= 0.6 is 0 Å². The van der Waals surface area contributed by atoms with Crippen molar-refractivity contribution in [2.75, 3.05) is 11.9 Å². The minimum absolute atomic E-state index is 0.299. The van der Waals surface area contributed by atoms with E-state index in [-0.39, 0.29) is 0 Å². The molecule has 0 unspecified atom stereocenters. The fourth-order valence-electron chi connectivity index (χ4n) is 2.95. The van der Waals surface area contributed by atoms with Gasteiger partial charge in [0.2, 0.25) is 5.91 Å². The molecule has 2 aromatic rings. The predicted octanol–water partition coefficient (Wildman–Crippen LogP) is 2.27. The largest absolute Gasteiger partial charge is 0.325 e. The number of nitriles is 1. The Kier molecular flexibility index (Phi) is 4.65. The van der Waals surface area contributed by atoms with Gasteiger partial charge in [0.25, 0.3) is 5.91 Å². The molecule has 1 aliphatic heterocycles. The molecule has 1 atom stereocenters. The smallest absolute Gasteiger partial charge is 0.323 e. The quantitative estimate of drug-likeness (QED) is 0.815. The number of rotatable bonds is 4. The second-order valence-electron chi connectivity index (χ2n) is 6.52. The molecule has 2 N–H and O–H groups in total. The van der Waals surface area contributed by atoms with Crippen molar-refractivity contribution in [3.05, 3.63) is 65.2 Å². The summed E-state index contributed by atoms with van der Waals surface area (Å²) in [5.74, 6) is -1.06. The average molecular weight is 362 g/mol. The molecule has 27 heavy (non-hydrogen) atoms. The number of nitrogens with zero attached hydrogens (tertiary/aromatic N) is 2. The molecule has 1 aliphatic rings. The van der Waals surface area contributed by atoms with Crippen molar-refractivity contribution in [1.29, 1.82) is 5.26 Å². The third-order valence-electron chi connectivity index (χ3n) is 4.53. The van der Waals surface area contributed by atoms with Gasteiger partial charge in [-0.3, -0.25) is 14.5 Å². The van der Waals surface area contributed by atoms with Crippen molar-refractivity contribution in [3.8, 4) is 6.07 Å². The number of carbonyl (C=O) groups excluding carboxylic acids is 3. The van der Waals surface area contributed by atoms with Crippen molar-refractivity contribution >= 4 is 23.5 Å². The van der Waals surface area contributed by atoms with Crippen molar-refractivity contribution in [2.24, 2.45) is 0 Å². The molecular formula is C20H18N4O3. The first kappa shape index (κ1) is 18.1. The van der Waals surface area contributed by atoms with E-state index in [0.29, 0.717) is 16.8 Å². The van der Waals surface area contributed by atoms with E-state index in [9.17, 15) is 14.4 Å². The van der Waals surface area contributed by atoms with Crippen molar-refractivity contribution in [1.82, 2.24) is 10.2 Å². The number of urea groups is 1. The third kappa shape index (κ3) is 3.37. The zero-order valence-corrected chi connectivity index (χ0v) is 14.9. The Balaban J connectivity index is 1.77. The number of anilines is 1. The Labute approximate surface area is 156 Å². The van der Waals surface area contributed by atoms with Gasteiger partial charge in [-0.2, -0.15) is 5.26 Å². The second-order valence-corrected chi connectivity index (χ2v) is 6.52. The summed E-state index contributed by atoms with van der Waals surface area (Å²) in [4.78, 5) is 38.4. The van der Waals surface area contributed by atoms with Gasteiger partial charge in [0.1, 0.15) is 18.2 Å². The van der Waals surface area contributed by atoms with Crippen LogP contribution < -0.4 is 10.6 Å². The molecule has 136 valence electrons. The first-order valence-corrected chi connectivity index (χ1v) is 8.35. The molecule has 0 aromatic heterocycles. The van der Waals surface area contributed by atoms with E-state index in [0.717, 1.165) is 10.5 Å². The van der Waals surface area contributed by atoms with Crippen LogP contribution in [0, 0.1) is 18.3 Å². The maximum absolute atomic E-state index is 12.8. The first-order chi connectivity index (χ1) is 12.8. The van der Waals surface area contributed by atoms with Gasteiger partial charge in [0, 0.05) is 0 Å². The summed E-state index contributed by atoms with van der Waals surface area (Å²) in [5.41, 5.74) is 1.08. The number of para-hydroxylation sites is 1. The highest BCUT2D eigenvalue weighted by molar-refractivity contribution is 6.10. The van der Waals surface area contributed by atoms with E-state index in [4.69, 9.17) is 5.26 Å². The van der Waals surface area contributed by atoms with Gasteiger partial charge in [0.05, 0.1) is 11.3 Å². The second kappa shape index (κ2) is 6.92. The lowest BCUT2D eigenvalue weighted by Crippen LogP contribution is -2.42. The zero-order valence-electron chi connectivity index (χ0n) is 14.9. The minimum Gasteiger partial charge on any atom is -0.323 e. The van der Waals surface area contributed by atoms with E-state index in [1.165, 1.54) is 0 Å². The summed E-state index contributed by atoms with van der Waals surface area (Å²) in [7, 11) is 0. The van der Waals surface area contributed by atoms with Gasteiger partial charge in [-0.25, -0.2) is 4.79 Å². The van der Waals surface area contributed by atoms with Gasteiger partial charge in [0.15, 0.2) is 0 Å². The molecule has 1 saturated heterocycles. The van der Waals surface area contributed by atoms with Crippen molar-refractivity contribution in [2.45, 2.75) is 19.4 Å². The Morgan fingerprint density at radius 2 is 1.85 bits per heavy atom. The predicted molar refractivity (Wildman–Crippen MR) is 98.6 cm³/mol. The van der Waals surface area contributed by atoms with E-state index < -0.39 is 29.9 Å². The molecule has 4 amide bonds. The van der Waals surface area contributed by atoms with Crippen LogP contribution in [0.4, 0.5) is 10.5 Å². The van der Waals surface area contributed by atoms with Gasteiger partial charge in [-0.05, 0) is 31.5 Å². The maximum Gasteiger partial charge on any atom is 0.325 e. The molecule has 1 heterocycles. The number of nitrogens with one attached hydrogen (secondary N) is 2. The Bertz CT molecular complexity index is 962. The van der Waals surface area contributed by atoms with Crippen molar-refractivity contribution in [3.63, 3.8) is 0 Å². The van der Waals surface area contributed by atoms with Gasteiger partial charge < -0.3 is 10.6 Å². The van der Waals surface area contributed by atoms with Crippen LogP contribution in [0.5, 0.6) is 0 Å². The van der Waals surface area contributed by atoms with Gasteiger partial charge in [-0.1, -0.05) is 42.0 Å². The summed E-state index contributed by atoms with van der Waals surface area (Å²) in [6.07, 6.45) is 0. The summed E-state index contributed by atoms with van der Waals surface area (Å²) < 4.78 is 0. The van der Waals surface area contributed by atoms with Crippen LogP contribution in [0.3, 0.4) is 0 Å². The third-order valence-corrected chi connectivity index (χ3v) is 4.53. The van der Waals surface area contributed by atoms with E-state index in [2.05, 4.69) is 10.6 Å². The number of carbonyl (C=O) groups is 3. The monoisotopic (exact) mass is 362 g/mol. The Morgan fingerprint density at radius 3 is 2.52 bits per heavy atom. The Hall–Kier alpha value is -3.66. The normalized spacial score (nSPS) is 18.8. The molecule has 3 rings (SSSR count). The molecule has 0 bridgehead atoms. The fraction of sp³-hybridized carbons (Fsp3) is 0.200. The number of aryl methyl sites for hydroxylation is 1. The summed E-state index contributed by atoms with van der Waals surface area (Å²) >= 11 is 0. The fourth-order valence-corrected chi connectivity index (χ4v) is 2.95. The molecule has 2 aromatic carbocycles. The highest BCUT2D eigenvalue weighted by atomic mass is 16.2. The highest BCUT2D eigenvalue weighted by Gasteiger charge is 2.49. The summed E-state index contributed by atoms with van der Waals surface area (Å²) in [6, 6.07) is 15.1. The molecule has 1 fully saturated rings. The highest BCUT2D eigenvalue weighted by Crippen LogP contribution is 2.29. The molecule has 7 heteroatoms. The molecular weight excluding hydrogens is 344 g/mol. The van der Waals surface area contributed by atoms with Gasteiger partial charge >= 0.3 is 6.03 Å². The van der Waals surface area contributed by atoms with E-state index in [1.807, 2.05) is 25.1 Å². The lowest BCUT2D eigenvalue weighted by atomic mass is 9.91. The number of imide groups is 1. The Morgan fingerprint density at radius 1 is 1.19 bits per heavy atom. The van der Waals surface area contributed by atoms with Crippen LogP contribution in [-0.4, -0.2) is 29.3 Å². The first-order valence-electron chi connectivity index (χ1n) is 8.35. The van der Waals surface area contributed by atoms with Crippen LogP contribution in [0.2, 0.25) is 0 Å². The maximum atomic E-state index is 12.8. The number of amides is 4. The minimum atomic E-state index is -1.23. The van der Waals surface area contributed by atoms with Crippen molar-refractivity contribution < 1.29 is 14.4 Å². The van der Waals surface area contributed by atoms with Crippen LogP contribution in [0.15, 0.2) is 48.5 Å². The lowest BCUT2D eigenvalue weighted by molar-refractivity contribution is -0.133. The topological polar surface area (TPSA) is 102 Å². The average Bonchev–Trinajstić information content (AvgIpc) is 2.86. The van der Waals surface area contributed by atoms with E-state index in [1.54, 1.807) is 43.3 Å².